The van der Waals surface area contributed by atoms with Gasteiger partial charge in [0.1, 0.15) is 18.0 Å². The van der Waals surface area contributed by atoms with E-state index in [2.05, 4.69) is 9.97 Å². The number of hydrogen-bond acceptors (Lipinski definition) is 4. The van der Waals surface area contributed by atoms with Crippen LogP contribution in [-0.2, 0) is 0 Å². The minimum Gasteiger partial charge on any atom is -0.361 e. The molecule has 0 atom stereocenters. The molecule has 0 aliphatic heterocycles. The van der Waals surface area contributed by atoms with Crippen LogP contribution in [0.3, 0.4) is 0 Å². The Bertz CT molecular complexity index is 329. The van der Waals surface area contributed by atoms with E-state index in [1.807, 2.05) is 6.07 Å². The van der Waals surface area contributed by atoms with E-state index in [4.69, 9.17) is 16.9 Å². The molecule has 5 heteroatoms. The number of halogens is 1. The summed E-state index contributed by atoms with van der Waals surface area (Å²) in [5, 5.41) is 8.90. The van der Waals surface area contributed by atoms with E-state index in [1.165, 1.54) is 6.33 Å². The summed E-state index contributed by atoms with van der Waals surface area (Å²) in [7, 11) is 3.58. The Balaban J connectivity index is 3.30. The van der Waals surface area contributed by atoms with Crippen molar-refractivity contribution in [2.45, 2.75) is 0 Å². The van der Waals surface area contributed by atoms with Gasteiger partial charge >= 0.3 is 0 Å². The predicted octanol–water partition coefficient (Wildman–Crippen LogP) is 1.07. The SMILES string of the molecule is CN(C)c1ncnc(Cl)c1C#N. The minimum atomic E-state index is 0.191. The average Bonchev–Trinajstić information content (AvgIpc) is 2.03. The van der Waals surface area contributed by atoms with E-state index in [9.17, 15) is 0 Å². The molecule has 0 saturated carbocycles. The molecule has 62 valence electrons. The van der Waals surface area contributed by atoms with Crippen LogP contribution in [0.5, 0.6) is 0 Å². The van der Waals surface area contributed by atoms with Crippen LogP contribution in [-0.4, -0.2) is 24.1 Å². The van der Waals surface area contributed by atoms with E-state index >= 15 is 0 Å². The zero-order chi connectivity index (χ0) is 9.14. The van der Waals surface area contributed by atoms with Crippen LogP contribution >= 0.6 is 11.6 Å². The zero-order valence-electron chi connectivity index (χ0n) is 6.74. The van der Waals surface area contributed by atoms with Gasteiger partial charge < -0.3 is 4.90 Å². The molecule has 1 heterocycles. The van der Waals surface area contributed by atoms with E-state index < -0.39 is 0 Å². The molecule has 1 aromatic rings. The molecule has 0 unspecified atom stereocenters. The van der Waals surface area contributed by atoms with E-state index in [1.54, 1.807) is 19.0 Å². The molecule has 0 aliphatic carbocycles. The smallest absolute Gasteiger partial charge is 0.152 e. The van der Waals surface area contributed by atoms with Gasteiger partial charge in [0.15, 0.2) is 11.0 Å². The molecule has 0 radical (unpaired) electrons. The fourth-order valence-electron chi connectivity index (χ4n) is 0.791. The highest BCUT2D eigenvalue weighted by Crippen LogP contribution is 2.19. The number of anilines is 1. The van der Waals surface area contributed by atoms with Crippen LogP contribution in [0.25, 0.3) is 0 Å². The first-order valence-electron chi connectivity index (χ1n) is 3.24. The molecule has 0 aliphatic rings. The molecule has 1 aromatic heterocycles. The van der Waals surface area contributed by atoms with Gasteiger partial charge in [-0.05, 0) is 0 Å². The third-order valence-corrected chi connectivity index (χ3v) is 1.60. The second-order valence-electron chi connectivity index (χ2n) is 2.37. The van der Waals surface area contributed by atoms with Crippen LogP contribution in [0.15, 0.2) is 6.33 Å². The fraction of sp³-hybridized carbons (Fsp3) is 0.286. The van der Waals surface area contributed by atoms with Crippen molar-refractivity contribution in [2.75, 3.05) is 19.0 Å². The van der Waals surface area contributed by atoms with Crippen LogP contribution < -0.4 is 4.90 Å². The fourth-order valence-corrected chi connectivity index (χ4v) is 0.961. The Morgan fingerprint density at radius 2 is 2.17 bits per heavy atom. The summed E-state index contributed by atoms with van der Waals surface area (Å²) in [5.41, 5.74) is 0.309. The lowest BCUT2D eigenvalue weighted by molar-refractivity contribution is 1.03. The molecule has 0 bridgehead atoms. The summed E-state index contributed by atoms with van der Waals surface area (Å²) in [6.07, 6.45) is 1.33. The summed E-state index contributed by atoms with van der Waals surface area (Å²) in [6, 6.07) is 1.95. The quantitative estimate of drug-likeness (QED) is 0.610. The lowest BCUT2D eigenvalue weighted by Crippen LogP contribution is -2.12. The van der Waals surface area contributed by atoms with Crippen molar-refractivity contribution < 1.29 is 0 Å². The molecule has 1 rings (SSSR count). The molecule has 4 nitrogen and oxygen atoms in total. The van der Waals surface area contributed by atoms with Gasteiger partial charge in [0.2, 0.25) is 0 Å². The van der Waals surface area contributed by atoms with Crippen molar-refractivity contribution in [3.8, 4) is 6.07 Å². The third-order valence-electron chi connectivity index (χ3n) is 1.32. The molecule has 12 heavy (non-hydrogen) atoms. The number of rotatable bonds is 1. The highest BCUT2D eigenvalue weighted by atomic mass is 35.5. The van der Waals surface area contributed by atoms with Crippen molar-refractivity contribution in [1.82, 2.24) is 9.97 Å². The molecule has 0 N–H and O–H groups in total. The molecule has 0 fully saturated rings. The van der Waals surface area contributed by atoms with Gasteiger partial charge in [0.05, 0.1) is 0 Å². The van der Waals surface area contributed by atoms with Crippen LogP contribution in [0.2, 0.25) is 5.15 Å². The first-order valence-corrected chi connectivity index (χ1v) is 3.62. The molecule has 0 spiro atoms. The van der Waals surface area contributed by atoms with Gasteiger partial charge in [-0.25, -0.2) is 9.97 Å². The second-order valence-corrected chi connectivity index (χ2v) is 2.73. The maximum atomic E-state index is 8.71. The lowest BCUT2D eigenvalue weighted by Gasteiger charge is -2.11. The molecule has 0 amide bonds. The Morgan fingerprint density at radius 3 is 2.58 bits per heavy atom. The molecular formula is C7H7ClN4. The van der Waals surface area contributed by atoms with E-state index in [-0.39, 0.29) is 5.15 Å². The first-order chi connectivity index (χ1) is 5.66. The normalized spacial score (nSPS) is 9.17. The largest absolute Gasteiger partial charge is 0.361 e. The molecular weight excluding hydrogens is 176 g/mol. The number of nitriles is 1. The molecule has 0 saturated heterocycles. The van der Waals surface area contributed by atoms with Gasteiger partial charge in [-0.1, -0.05) is 11.6 Å². The van der Waals surface area contributed by atoms with Gasteiger partial charge in [-0.3, -0.25) is 0 Å². The Kier molecular flexibility index (Phi) is 2.46. The monoisotopic (exact) mass is 182 g/mol. The van der Waals surface area contributed by atoms with Gasteiger partial charge in [-0.2, -0.15) is 5.26 Å². The van der Waals surface area contributed by atoms with Gasteiger partial charge in [-0.15, -0.1) is 0 Å². The standard InChI is InChI=1S/C7H7ClN4/c1-12(2)7-5(3-9)6(8)10-4-11-7/h4H,1-2H3. The van der Waals surface area contributed by atoms with Crippen LogP contribution in [0.4, 0.5) is 5.82 Å². The summed E-state index contributed by atoms with van der Waals surface area (Å²) in [4.78, 5) is 9.33. The molecule has 0 aromatic carbocycles. The van der Waals surface area contributed by atoms with Crippen molar-refractivity contribution >= 4 is 17.4 Å². The maximum Gasteiger partial charge on any atom is 0.152 e. The zero-order valence-corrected chi connectivity index (χ0v) is 7.50. The number of hydrogen-bond donors (Lipinski definition) is 0. The average molecular weight is 183 g/mol. The topological polar surface area (TPSA) is 52.8 Å². The Hall–Kier alpha value is -1.34. The summed E-state index contributed by atoms with van der Waals surface area (Å²) >= 11 is 5.67. The summed E-state index contributed by atoms with van der Waals surface area (Å²) in [6.45, 7) is 0. The van der Waals surface area contributed by atoms with Crippen LogP contribution in [0.1, 0.15) is 5.56 Å². The lowest BCUT2D eigenvalue weighted by atomic mass is 10.3. The number of aromatic nitrogens is 2. The van der Waals surface area contributed by atoms with E-state index in [0.717, 1.165) is 0 Å². The van der Waals surface area contributed by atoms with E-state index in [0.29, 0.717) is 11.4 Å². The van der Waals surface area contributed by atoms with Crippen molar-refractivity contribution in [3.05, 3.63) is 17.0 Å². The van der Waals surface area contributed by atoms with Crippen LogP contribution in [0, 0.1) is 11.3 Å². The van der Waals surface area contributed by atoms with Crippen molar-refractivity contribution in [2.24, 2.45) is 0 Å². The Morgan fingerprint density at radius 1 is 1.50 bits per heavy atom. The predicted molar refractivity (Wildman–Crippen MR) is 46.1 cm³/mol. The Labute approximate surface area is 75.4 Å². The maximum absolute atomic E-state index is 8.71. The van der Waals surface area contributed by atoms with Gasteiger partial charge in [0, 0.05) is 14.1 Å². The van der Waals surface area contributed by atoms with Crippen molar-refractivity contribution in [1.29, 1.82) is 5.26 Å². The second kappa shape index (κ2) is 3.37. The minimum absolute atomic E-state index is 0.191. The summed E-state index contributed by atoms with van der Waals surface area (Å²) in [5.74, 6) is 0.539. The highest BCUT2D eigenvalue weighted by molar-refractivity contribution is 6.30. The highest BCUT2D eigenvalue weighted by Gasteiger charge is 2.09. The van der Waals surface area contributed by atoms with Gasteiger partial charge in [0.25, 0.3) is 0 Å². The number of nitrogens with zero attached hydrogens (tertiary/aromatic N) is 4. The summed E-state index contributed by atoms with van der Waals surface area (Å²) < 4.78 is 0. The van der Waals surface area contributed by atoms with Crippen molar-refractivity contribution in [3.63, 3.8) is 0 Å². The first kappa shape index (κ1) is 8.75. The third kappa shape index (κ3) is 1.46.